The minimum atomic E-state index is -4.71. The van der Waals surface area contributed by atoms with Crippen LogP contribution in [0.1, 0.15) is 29.3 Å². The molecule has 0 heterocycles. The molecule has 0 unspecified atom stereocenters. The van der Waals surface area contributed by atoms with Crippen molar-refractivity contribution in [2.24, 2.45) is 5.73 Å². The summed E-state index contributed by atoms with van der Waals surface area (Å²) in [7, 11) is 0. The molecular formula is C12H13F3N2O3. The number of hydrogen-bond acceptors (Lipinski definition) is 3. The molecule has 0 aromatic heterocycles. The lowest BCUT2D eigenvalue weighted by molar-refractivity contribution is -0.137. The molecule has 20 heavy (non-hydrogen) atoms. The number of benzene rings is 1. The maximum absolute atomic E-state index is 12.6. The molecule has 5 nitrogen and oxygen atoms in total. The highest BCUT2D eigenvalue weighted by Gasteiger charge is 2.32. The number of carbonyl (C=O) groups is 2. The summed E-state index contributed by atoms with van der Waals surface area (Å²) >= 11 is 0. The topological polar surface area (TPSA) is 92.4 Å². The second kappa shape index (κ2) is 5.91. The predicted octanol–water partition coefficient (Wildman–Crippen LogP) is 2.08. The average Bonchev–Trinajstić information content (AvgIpc) is 2.36. The Morgan fingerprint density at radius 1 is 1.35 bits per heavy atom. The van der Waals surface area contributed by atoms with Gasteiger partial charge in [-0.05, 0) is 24.6 Å². The van der Waals surface area contributed by atoms with E-state index in [2.05, 4.69) is 5.32 Å². The van der Waals surface area contributed by atoms with E-state index in [1.807, 2.05) is 0 Å². The van der Waals surface area contributed by atoms with E-state index in [1.165, 1.54) is 0 Å². The van der Waals surface area contributed by atoms with Gasteiger partial charge in [0.25, 0.3) is 0 Å². The van der Waals surface area contributed by atoms with Gasteiger partial charge >= 0.3 is 12.1 Å². The van der Waals surface area contributed by atoms with Crippen LogP contribution < -0.4 is 11.1 Å². The van der Waals surface area contributed by atoms with Gasteiger partial charge in [0.1, 0.15) is 0 Å². The van der Waals surface area contributed by atoms with Crippen LogP contribution in [0.2, 0.25) is 0 Å². The third kappa shape index (κ3) is 3.95. The molecule has 8 heteroatoms. The van der Waals surface area contributed by atoms with Gasteiger partial charge in [-0.1, -0.05) is 6.92 Å². The van der Waals surface area contributed by atoms with Crippen LogP contribution in [0.5, 0.6) is 0 Å². The highest BCUT2D eigenvalue weighted by atomic mass is 19.4. The van der Waals surface area contributed by atoms with Crippen LogP contribution in [0.15, 0.2) is 18.2 Å². The average molecular weight is 290 g/mol. The lowest BCUT2D eigenvalue weighted by Crippen LogP contribution is -2.34. The fraction of sp³-hybridized carbons (Fsp3) is 0.333. The number of halogens is 3. The molecule has 1 aromatic rings. The summed E-state index contributed by atoms with van der Waals surface area (Å²) in [5.41, 5.74) is 3.45. The molecule has 1 aromatic carbocycles. The number of carboxylic acids is 1. The molecule has 0 spiro atoms. The van der Waals surface area contributed by atoms with Crippen LogP contribution in [-0.2, 0) is 11.0 Å². The monoisotopic (exact) mass is 290 g/mol. The Balaban J connectivity index is 3.16. The molecule has 0 bridgehead atoms. The van der Waals surface area contributed by atoms with Gasteiger partial charge in [0.15, 0.2) is 0 Å². The quantitative estimate of drug-likeness (QED) is 0.791. The number of anilines is 1. The van der Waals surface area contributed by atoms with Crippen molar-refractivity contribution in [3.05, 3.63) is 29.3 Å². The number of amides is 1. The first kappa shape index (κ1) is 16.0. The Hall–Kier alpha value is -2.09. The number of rotatable bonds is 4. The summed E-state index contributed by atoms with van der Waals surface area (Å²) < 4.78 is 37.9. The van der Waals surface area contributed by atoms with Gasteiger partial charge in [-0.2, -0.15) is 13.2 Å². The Morgan fingerprint density at radius 2 is 1.95 bits per heavy atom. The largest absolute Gasteiger partial charge is 0.478 e. The van der Waals surface area contributed by atoms with Gasteiger partial charge in [0.05, 0.1) is 17.2 Å². The smallest absolute Gasteiger partial charge is 0.416 e. The fourth-order valence-electron chi connectivity index (χ4n) is 1.41. The summed E-state index contributed by atoms with van der Waals surface area (Å²) in [6.45, 7) is 1.64. The molecule has 0 aliphatic rings. The first-order valence-electron chi connectivity index (χ1n) is 5.67. The number of carbonyl (C=O) groups excluding carboxylic acids is 1. The summed E-state index contributed by atoms with van der Waals surface area (Å²) in [4.78, 5) is 22.3. The second-order valence-corrected chi connectivity index (χ2v) is 4.11. The zero-order chi connectivity index (χ0) is 15.5. The Morgan fingerprint density at radius 3 is 2.40 bits per heavy atom. The maximum atomic E-state index is 12.6. The normalized spacial score (nSPS) is 12.8. The van der Waals surface area contributed by atoms with Crippen molar-refractivity contribution in [1.29, 1.82) is 0 Å². The number of alkyl halides is 3. The van der Waals surface area contributed by atoms with Crippen molar-refractivity contribution in [1.82, 2.24) is 0 Å². The van der Waals surface area contributed by atoms with Gasteiger partial charge in [-0.25, -0.2) is 4.79 Å². The van der Waals surface area contributed by atoms with E-state index < -0.39 is 35.2 Å². The van der Waals surface area contributed by atoms with E-state index >= 15 is 0 Å². The minimum absolute atomic E-state index is 0.258. The first-order chi connectivity index (χ1) is 9.15. The van der Waals surface area contributed by atoms with Gasteiger partial charge in [0, 0.05) is 5.69 Å². The van der Waals surface area contributed by atoms with E-state index in [0.29, 0.717) is 18.6 Å². The molecule has 1 atom stereocenters. The van der Waals surface area contributed by atoms with Crippen molar-refractivity contribution >= 4 is 17.6 Å². The molecule has 0 radical (unpaired) electrons. The molecule has 0 saturated carbocycles. The van der Waals surface area contributed by atoms with Crippen molar-refractivity contribution in [3.63, 3.8) is 0 Å². The van der Waals surface area contributed by atoms with Crippen molar-refractivity contribution in [2.75, 3.05) is 5.32 Å². The first-order valence-corrected chi connectivity index (χ1v) is 5.67. The highest BCUT2D eigenvalue weighted by molar-refractivity contribution is 5.96. The Kier molecular flexibility index (Phi) is 4.72. The van der Waals surface area contributed by atoms with E-state index in [4.69, 9.17) is 10.8 Å². The predicted molar refractivity (Wildman–Crippen MR) is 65.3 cm³/mol. The van der Waals surface area contributed by atoms with E-state index in [0.717, 1.165) is 6.07 Å². The third-order valence-corrected chi connectivity index (χ3v) is 2.55. The lowest BCUT2D eigenvalue weighted by Gasteiger charge is -2.13. The molecule has 1 amide bonds. The standard InChI is InChI=1S/C12H13F3N2O3/c1-2-9(16)10(18)17-8-4-6(11(19)20)3-7(5-8)12(13,14)15/h3-5,9H,2,16H2,1H3,(H,17,18)(H,19,20)/t9-/m0/s1. The number of aromatic carboxylic acids is 1. The SMILES string of the molecule is CC[C@H](N)C(=O)Nc1cc(C(=O)O)cc(C(F)(F)F)c1. The van der Waals surface area contributed by atoms with Crippen LogP contribution in [0, 0.1) is 0 Å². The molecule has 0 aliphatic carbocycles. The van der Waals surface area contributed by atoms with Crippen molar-refractivity contribution in [2.45, 2.75) is 25.6 Å². The number of nitrogens with two attached hydrogens (primary N) is 1. The van der Waals surface area contributed by atoms with Gasteiger partial charge in [-0.3, -0.25) is 4.79 Å². The van der Waals surface area contributed by atoms with Crippen LogP contribution in [0.25, 0.3) is 0 Å². The number of hydrogen-bond donors (Lipinski definition) is 3. The Labute approximate surface area is 112 Å². The Bertz CT molecular complexity index is 529. The molecule has 0 saturated heterocycles. The molecule has 0 aliphatic heterocycles. The molecule has 0 fully saturated rings. The lowest BCUT2D eigenvalue weighted by atomic mass is 10.1. The fourth-order valence-corrected chi connectivity index (χ4v) is 1.41. The zero-order valence-electron chi connectivity index (χ0n) is 10.5. The molecule has 1 rings (SSSR count). The van der Waals surface area contributed by atoms with Gasteiger partial charge < -0.3 is 16.2 Å². The summed E-state index contributed by atoms with van der Waals surface area (Å²) in [5, 5.41) is 11.0. The minimum Gasteiger partial charge on any atom is -0.478 e. The third-order valence-electron chi connectivity index (χ3n) is 2.55. The van der Waals surface area contributed by atoms with Crippen LogP contribution >= 0.6 is 0 Å². The van der Waals surface area contributed by atoms with Crippen LogP contribution in [0.4, 0.5) is 18.9 Å². The summed E-state index contributed by atoms with van der Waals surface area (Å²) in [5.74, 6) is -2.20. The zero-order valence-corrected chi connectivity index (χ0v) is 10.5. The molecular weight excluding hydrogens is 277 g/mol. The number of carboxylic acid groups (broad SMARTS) is 1. The summed E-state index contributed by atoms with van der Waals surface area (Å²) in [6, 6.07) is 1.22. The van der Waals surface area contributed by atoms with Crippen LogP contribution in [-0.4, -0.2) is 23.0 Å². The van der Waals surface area contributed by atoms with Crippen molar-refractivity contribution in [3.8, 4) is 0 Å². The van der Waals surface area contributed by atoms with E-state index in [9.17, 15) is 22.8 Å². The van der Waals surface area contributed by atoms with Gasteiger partial charge in [-0.15, -0.1) is 0 Å². The second-order valence-electron chi connectivity index (χ2n) is 4.11. The van der Waals surface area contributed by atoms with E-state index in [-0.39, 0.29) is 5.69 Å². The van der Waals surface area contributed by atoms with Gasteiger partial charge in [0.2, 0.25) is 5.91 Å². The molecule has 4 N–H and O–H groups in total. The van der Waals surface area contributed by atoms with Crippen molar-refractivity contribution < 1.29 is 27.9 Å². The highest BCUT2D eigenvalue weighted by Crippen LogP contribution is 2.32. The number of nitrogens with one attached hydrogen (secondary N) is 1. The summed E-state index contributed by atoms with van der Waals surface area (Å²) in [6.07, 6.45) is -4.41. The maximum Gasteiger partial charge on any atom is 0.416 e. The van der Waals surface area contributed by atoms with Crippen LogP contribution in [0.3, 0.4) is 0 Å². The molecule has 110 valence electrons. The van der Waals surface area contributed by atoms with E-state index in [1.54, 1.807) is 6.92 Å².